The Bertz CT molecular complexity index is 596. The van der Waals surface area contributed by atoms with Crippen LogP contribution in [0.2, 0.25) is 0 Å². The second kappa shape index (κ2) is 5.24. The van der Waals surface area contributed by atoms with Gasteiger partial charge in [-0.3, -0.25) is 0 Å². The molecule has 0 aromatic heterocycles. The van der Waals surface area contributed by atoms with Crippen LogP contribution in [-0.2, 0) is 9.47 Å². The molecule has 0 aromatic rings. The van der Waals surface area contributed by atoms with Gasteiger partial charge in [-0.2, -0.15) is 0 Å². The Morgan fingerprint density at radius 2 is 2.27 bits per heavy atom. The van der Waals surface area contributed by atoms with Crippen molar-refractivity contribution in [2.24, 2.45) is 0 Å². The van der Waals surface area contributed by atoms with Crippen molar-refractivity contribution in [1.82, 2.24) is 10.6 Å². The van der Waals surface area contributed by atoms with Gasteiger partial charge in [0, 0.05) is 17.5 Å². The van der Waals surface area contributed by atoms with Gasteiger partial charge in [0.1, 0.15) is 23.9 Å². The predicted molar refractivity (Wildman–Crippen MR) is 87.6 cm³/mol. The first-order valence-electron chi connectivity index (χ1n) is 7.34. The molecule has 3 rings (SSSR count). The molecule has 122 valence electrons. The van der Waals surface area contributed by atoms with Crippen LogP contribution in [-0.4, -0.2) is 67.4 Å². The molecule has 22 heavy (non-hydrogen) atoms. The summed E-state index contributed by atoms with van der Waals surface area (Å²) in [6.45, 7) is 7.38. The molecular formula is C15H23N2O4P. The minimum absolute atomic E-state index is 0.323. The minimum Gasteiger partial charge on any atom is -0.387 e. The lowest BCUT2D eigenvalue weighted by atomic mass is 9.94. The molecule has 0 spiro atoms. The van der Waals surface area contributed by atoms with Crippen LogP contribution < -0.4 is 10.6 Å². The van der Waals surface area contributed by atoms with Gasteiger partial charge in [0.2, 0.25) is 0 Å². The SMILES string of the molecule is C=C1NC(=O)NC=C1[C@@H]1O[C@@]2(CCP(=C)(C)C)CO[C@@H]1[C@@H]2O. The average Bonchev–Trinajstić information content (AvgIpc) is 2.87. The Morgan fingerprint density at radius 1 is 1.55 bits per heavy atom. The summed E-state index contributed by atoms with van der Waals surface area (Å²) in [5.41, 5.74) is 0.526. The molecule has 0 unspecified atom stereocenters. The van der Waals surface area contributed by atoms with Crippen LogP contribution in [0.25, 0.3) is 0 Å². The van der Waals surface area contributed by atoms with E-state index >= 15 is 0 Å². The maximum absolute atomic E-state index is 11.3. The maximum Gasteiger partial charge on any atom is 0.323 e. The number of amides is 2. The summed E-state index contributed by atoms with van der Waals surface area (Å²) in [5, 5.41) is 15.8. The second-order valence-corrected chi connectivity index (χ2v) is 11.2. The molecule has 0 aromatic carbocycles. The molecule has 4 atom stereocenters. The zero-order chi connectivity index (χ0) is 16.1. The zero-order valence-electron chi connectivity index (χ0n) is 13.0. The fourth-order valence-corrected chi connectivity index (χ4v) is 4.11. The summed E-state index contributed by atoms with van der Waals surface area (Å²) in [6, 6.07) is -0.323. The molecule has 3 heterocycles. The first-order chi connectivity index (χ1) is 10.2. The molecule has 0 radical (unpaired) electrons. The Kier molecular flexibility index (Phi) is 3.76. The summed E-state index contributed by atoms with van der Waals surface area (Å²) in [6.07, 6.45) is 5.94. The van der Waals surface area contributed by atoms with Gasteiger partial charge in [-0.25, -0.2) is 4.79 Å². The lowest BCUT2D eigenvalue weighted by molar-refractivity contribution is -0.132. The molecule has 2 fully saturated rings. The highest BCUT2D eigenvalue weighted by Crippen LogP contribution is 2.48. The molecule has 2 amide bonds. The summed E-state index contributed by atoms with van der Waals surface area (Å²) < 4.78 is 12.0. The molecule has 3 aliphatic heterocycles. The zero-order valence-corrected chi connectivity index (χ0v) is 13.9. The van der Waals surface area contributed by atoms with Gasteiger partial charge in [-0.1, -0.05) is 6.58 Å². The van der Waals surface area contributed by atoms with E-state index in [9.17, 15) is 9.90 Å². The lowest BCUT2D eigenvalue weighted by Gasteiger charge is -2.34. The number of hydrogen-bond donors (Lipinski definition) is 3. The number of hydrogen-bond acceptors (Lipinski definition) is 4. The van der Waals surface area contributed by atoms with Crippen LogP contribution in [0.15, 0.2) is 24.0 Å². The van der Waals surface area contributed by atoms with Gasteiger partial charge in [0.15, 0.2) is 0 Å². The van der Waals surface area contributed by atoms with Gasteiger partial charge >= 0.3 is 6.03 Å². The number of fused-ring (bicyclic) bond motifs is 2. The van der Waals surface area contributed by atoms with Crippen LogP contribution in [0.4, 0.5) is 4.79 Å². The third-order valence-corrected chi connectivity index (χ3v) is 5.88. The van der Waals surface area contributed by atoms with Crippen molar-refractivity contribution in [1.29, 1.82) is 0 Å². The summed E-state index contributed by atoms with van der Waals surface area (Å²) in [7, 11) is 0. The number of urea groups is 1. The van der Waals surface area contributed by atoms with E-state index in [4.69, 9.17) is 9.47 Å². The number of ether oxygens (including phenoxy) is 2. The number of nitrogens with one attached hydrogen (secondary N) is 2. The second-order valence-electron chi connectivity index (χ2n) is 6.91. The minimum atomic E-state index is -1.20. The molecular weight excluding hydrogens is 303 g/mol. The predicted octanol–water partition coefficient (Wildman–Crippen LogP) is 0.693. The topological polar surface area (TPSA) is 79.8 Å². The maximum atomic E-state index is 11.3. The molecule has 2 saturated heterocycles. The van der Waals surface area contributed by atoms with Crippen LogP contribution in [0.5, 0.6) is 0 Å². The quantitative estimate of drug-likeness (QED) is 0.664. The van der Waals surface area contributed by atoms with Crippen molar-refractivity contribution in [2.45, 2.75) is 30.3 Å². The molecule has 3 aliphatic rings. The largest absolute Gasteiger partial charge is 0.387 e. The van der Waals surface area contributed by atoms with Crippen molar-refractivity contribution >= 4 is 19.2 Å². The number of aliphatic hydroxyl groups excluding tert-OH is 1. The number of aliphatic hydroxyl groups is 1. The van der Waals surface area contributed by atoms with E-state index in [0.29, 0.717) is 17.9 Å². The number of carbonyl (C=O) groups excluding carboxylic acids is 1. The van der Waals surface area contributed by atoms with Gasteiger partial charge in [0.25, 0.3) is 0 Å². The Morgan fingerprint density at radius 3 is 2.91 bits per heavy atom. The van der Waals surface area contributed by atoms with E-state index in [0.717, 1.165) is 12.6 Å². The molecule has 7 heteroatoms. The lowest BCUT2D eigenvalue weighted by Crippen LogP contribution is -2.44. The average molecular weight is 326 g/mol. The van der Waals surface area contributed by atoms with E-state index in [2.05, 4.69) is 36.8 Å². The van der Waals surface area contributed by atoms with Crippen molar-refractivity contribution < 1.29 is 19.4 Å². The Balaban J connectivity index is 1.79. The summed E-state index contributed by atoms with van der Waals surface area (Å²) in [4.78, 5) is 11.3. The molecule has 6 nitrogen and oxygen atoms in total. The first kappa shape index (κ1) is 15.8. The normalized spacial score (nSPS) is 37.8. The van der Waals surface area contributed by atoms with E-state index in [1.54, 1.807) is 6.20 Å². The van der Waals surface area contributed by atoms with Crippen molar-refractivity contribution in [2.75, 3.05) is 26.1 Å². The van der Waals surface area contributed by atoms with E-state index in [1.165, 1.54) is 0 Å². The third kappa shape index (κ3) is 2.65. The number of rotatable bonds is 4. The van der Waals surface area contributed by atoms with Crippen molar-refractivity contribution in [3.63, 3.8) is 0 Å². The fraction of sp³-hybridized carbons (Fsp3) is 0.600. The van der Waals surface area contributed by atoms with E-state index in [-0.39, 0.29) is 6.03 Å². The monoisotopic (exact) mass is 326 g/mol. The van der Waals surface area contributed by atoms with E-state index < -0.39 is 30.8 Å². The highest BCUT2D eigenvalue weighted by molar-refractivity contribution is 7.72. The summed E-state index contributed by atoms with van der Waals surface area (Å²) in [5.74, 6) is 0. The van der Waals surface area contributed by atoms with E-state index in [1.807, 2.05) is 0 Å². The third-order valence-electron chi connectivity index (χ3n) is 4.45. The molecule has 0 aliphatic carbocycles. The van der Waals surface area contributed by atoms with Crippen molar-refractivity contribution in [3.8, 4) is 0 Å². The first-order valence-corrected chi connectivity index (χ1v) is 10.4. The standard InChI is InChI=1S/C15H23N2O4P/c1-9-10(7-16-14(19)17-9)11-12-13(18)15(21-11,8-20-12)5-6-22(2,3)4/h7,11-13,18H,1-2,5-6,8H2,3-4H3,(H2,16,17,19)/t11-,12-,13-,15-/m0/s1. The van der Waals surface area contributed by atoms with Crippen molar-refractivity contribution in [3.05, 3.63) is 24.0 Å². The van der Waals surface area contributed by atoms with Gasteiger partial charge in [-0.15, -0.1) is 13.2 Å². The molecule has 2 bridgehead atoms. The molecule has 0 saturated carbocycles. The Labute approximate surface area is 130 Å². The number of carbonyl (C=O) groups is 1. The highest BCUT2D eigenvalue weighted by Gasteiger charge is 2.61. The fourth-order valence-electron chi connectivity index (χ4n) is 3.13. The van der Waals surface area contributed by atoms with Crippen LogP contribution >= 0.6 is 6.89 Å². The van der Waals surface area contributed by atoms with Gasteiger partial charge in [0.05, 0.1) is 6.61 Å². The smallest absolute Gasteiger partial charge is 0.323 e. The van der Waals surface area contributed by atoms with Crippen LogP contribution in [0.1, 0.15) is 6.42 Å². The highest BCUT2D eigenvalue weighted by atomic mass is 31.2. The van der Waals surface area contributed by atoms with Crippen LogP contribution in [0, 0.1) is 0 Å². The summed E-state index contributed by atoms with van der Waals surface area (Å²) >= 11 is 0. The van der Waals surface area contributed by atoms with Gasteiger partial charge < -0.3 is 25.2 Å². The molecule has 3 N–H and O–H groups in total. The van der Waals surface area contributed by atoms with Crippen LogP contribution in [0.3, 0.4) is 0 Å². The Hall–Kier alpha value is -1.07. The van der Waals surface area contributed by atoms with Gasteiger partial charge in [-0.05, 0) is 25.9 Å².